The van der Waals surface area contributed by atoms with Crippen molar-refractivity contribution >= 4 is 12.0 Å². The van der Waals surface area contributed by atoms with Crippen LogP contribution in [0.5, 0.6) is 0 Å². The molecule has 0 radical (unpaired) electrons. The van der Waals surface area contributed by atoms with Crippen LogP contribution in [0.25, 0.3) is 0 Å². The first-order chi connectivity index (χ1) is 13.1. The lowest BCUT2D eigenvalue weighted by Gasteiger charge is -2.38. The van der Waals surface area contributed by atoms with E-state index in [2.05, 4.69) is 29.9 Å². The van der Waals surface area contributed by atoms with Crippen molar-refractivity contribution in [2.75, 3.05) is 32.7 Å². The van der Waals surface area contributed by atoms with Crippen LogP contribution in [0.4, 0.5) is 4.79 Å². The summed E-state index contributed by atoms with van der Waals surface area (Å²) in [5.41, 5.74) is 6.83. The van der Waals surface area contributed by atoms with Gasteiger partial charge < -0.3 is 14.5 Å². The minimum Gasteiger partial charge on any atom is -0.441 e. The minimum absolute atomic E-state index is 0.131. The fourth-order valence-electron chi connectivity index (χ4n) is 4.34. The van der Waals surface area contributed by atoms with Gasteiger partial charge in [-0.05, 0) is 17.9 Å². The molecule has 3 heterocycles. The van der Waals surface area contributed by atoms with Gasteiger partial charge in [0.15, 0.2) is 0 Å². The van der Waals surface area contributed by atoms with E-state index in [1.165, 1.54) is 5.56 Å². The van der Waals surface area contributed by atoms with Gasteiger partial charge in [-0.3, -0.25) is 10.2 Å². The zero-order valence-electron chi connectivity index (χ0n) is 15.8. The summed E-state index contributed by atoms with van der Waals surface area (Å²) in [6.07, 6.45) is 2.02. The number of nitrogens with zero attached hydrogens (tertiary/aromatic N) is 2. The molecule has 0 aliphatic carbocycles. The van der Waals surface area contributed by atoms with Crippen LogP contribution in [0.15, 0.2) is 30.3 Å². The molecule has 0 saturated carbocycles. The molecule has 27 heavy (non-hydrogen) atoms. The van der Waals surface area contributed by atoms with Crippen molar-refractivity contribution in [2.24, 2.45) is 0 Å². The number of rotatable bonds is 4. The first kappa shape index (κ1) is 18.3. The number of likely N-dealkylation sites (tertiary alicyclic amines) is 1. The maximum Gasteiger partial charge on any atom is 0.410 e. The Kier molecular flexibility index (Phi) is 5.06. The van der Waals surface area contributed by atoms with E-state index >= 15 is 0 Å². The van der Waals surface area contributed by atoms with E-state index < -0.39 is 5.60 Å². The first-order valence-electron chi connectivity index (χ1n) is 9.86. The predicted octanol–water partition coefficient (Wildman–Crippen LogP) is 1.47. The molecule has 0 aromatic heterocycles. The average Bonchev–Trinajstić information content (AvgIpc) is 3.32. The van der Waals surface area contributed by atoms with E-state index in [9.17, 15) is 9.59 Å². The molecule has 2 N–H and O–H groups in total. The fraction of sp³-hybridized carbons (Fsp3) is 0.600. The van der Waals surface area contributed by atoms with E-state index in [1.54, 1.807) is 0 Å². The van der Waals surface area contributed by atoms with Gasteiger partial charge >= 0.3 is 6.09 Å². The number of carbonyl (C=O) groups excluding carboxylic acids is 2. The molecule has 2 atom stereocenters. The van der Waals surface area contributed by atoms with Crippen LogP contribution in [0, 0.1) is 0 Å². The summed E-state index contributed by atoms with van der Waals surface area (Å²) in [6.45, 7) is 5.52. The molecule has 3 fully saturated rings. The Morgan fingerprint density at radius 3 is 2.70 bits per heavy atom. The van der Waals surface area contributed by atoms with E-state index in [1.807, 2.05) is 28.0 Å². The van der Waals surface area contributed by atoms with Crippen molar-refractivity contribution in [2.45, 2.75) is 43.7 Å². The number of piperidine rings is 1. The first-order valence-corrected chi connectivity index (χ1v) is 9.86. The SMILES string of the molecule is CC(CN1CC2(CCN(C(=O)C3CCNN3)CC2)OC1=O)c1ccccc1. The van der Waals surface area contributed by atoms with Gasteiger partial charge in [0.1, 0.15) is 11.6 Å². The topological polar surface area (TPSA) is 73.9 Å². The number of nitrogens with one attached hydrogen (secondary N) is 2. The molecule has 3 aliphatic rings. The highest BCUT2D eigenvalue weighted by Crippen LogP contribution is 2.34. The van der Waals surface area contributed by atoms with Crippen LogP contribution < -0.4 is 10.9 Å². The molecule has 0 bridgehead atoms. The molecule has 4 rings (SSSR count). The third-order valence-corrected chi connectivity index (χ3v) is 6.02. The number of benzene rings is 1. The third kappa shape index (κ3) is 3.80. The highest BCUT2D eigenvalue weighted by Gasteiger charge is 2.48. The van der Waals surface area contributed by atoms with E-state index in [-0.39, 0.29) is 24.0 Å². The summed E-state index contributed by atoms with van der Waals surface area (Å²) < 4.78 is 5.81. The maximum atomic E-state index is 12.5. The second-order valence-electron chi connectivity index (χ2n) is 7.98. The van der Waals surface area contributed by atoms with Gasteiger partial charge in [0, 0.05) is 39.0 Å². The largest absolute Gasteiger partial charge is 0.441 e. The second-order valence-corrected chi connectivity index (χ2v) is 7.98. The third-order valence-electron chi connectivity index (χ3n) is 6.02. The lowest BCUT2D eigenvalue weighted by molar-refractivity contribution is -0.136. The van der Waals surface area contributed by atoms with Crippen LogP contribution in [0.3, 0.4) is 0 Å². The Balaban J connectivity index is 1.33. The fourth-order valence-corrected chi connectivity index (χ4v) is 4.34. The van der Waals surface area contributed by atoms with Crippen LogP contribution in [-0.2, 0) is 9.53 Å². The molecule has 1 spiro atoms. The standard InChI is InChI=1S/C20H28N4O3/c1-15(16-5-3-2-4-6-16)13-24-14-20(27-19(24)26)8-11-23(12-9-20)18(25)17-7-10-21-22-17/h2-6,15,17,21-22H,7-14H2,1H3. The van der Waals surface area contributed by atoms with Crippen molar-refractivity contribution in [3.05, 3.63) is 35.9 Å². The number of hydrogen-bond acceptors (Lipinski definition) is 5. The lowest BCUT2D eigenvalue weighted by Crippen LogP contribution is -2.53. The molecular formula is C20H28N4O3. The number of amides is 2. The molecule has 7 heteroatoms. The normalized spacial score (nSPS) is 25.7. The lowest BCUT2D eigenvalue weighted by atomic mass is 9.90. The number of carbonyl (C=O) groups is 2. The van der Waals surface area contributed by atoms with Gasteiger partial charge in [-0.1, -0.05) is 37.3 Å². The predicted molar refractivity (Wildman–Crippen MR) is 101 cm³/mol. The van der Waals surface area contributed by atoms with Gasteiger partial charge in [0.2, 0.25) is 5.91 Å². The van der Waals surface area contributed by atoms with Crippen molar-refractivity contribution in [3.63, 3.8) is 0 Å². The van der Waals surface area contributed by atoms with E-state index in [0.717, 1.165) is 13.0 Å². The van der Waals surface area contributed by atoms with Gasteiger partial charge in [0.05, 0.1) is 6.54 Å². The summed E-state index contributed by atoms with van der Waals surface area (Å²) in [5, 5.41) is 0. The van der Waals surface area contributed by atoms with Gasteiger partial charge in [-0.25, -0.2) is 10.2 Å². The molecule has 7 nitrogen and oxygen atoms in total. The Bertz CT molecular complexity index is 682. The van der Waals surface area contributed by atoms with Crippen LogP contribution in [0.2, 0.25) is 0 Å². The molecule has 2 amide bonds. The van der Waals surface area contributed by atoms with E-state index in [0.29, 0.717) is 39.0 Å². The monoisotopic (exact) mass is 372 g/mol. The molecule has 1 aromatic carbocycles. The highest BCUT2D eigenvalue weighted by atomic mass is 16.6. The number of hydrazine groups is 1. The Morgan fingerprint density at radius 1 is 1.30 bits per heavy atom. The van der Waals surface area contributed by atoms with Gasteiger partial charge in [-0.15, -0.1) is 0 Å². The van der Waals surface area contributed by atoms with Gasteiger partial charge in [0.25, 0.3) is 0 Å². The van der Waals surface area contributed by atoms with Crippen molar-refractivity contribution in [1.29, 1.82) is 0 Å². The summed E-state index contributed by atoms with van der Waals surface area (Å²) in [7, 11) is 0. The van der Waals surface area contributed by atoms with Crippen molar-refractivity contribution in [1.82, 2.24) is 20.7 Å². The molecule has 1 aromatic rings. The minimum atomic E-state index is -0.439. The smallest absolute Gasteiger partial charge is 0.410 e. The second kappa shape index (κ2) is 7.48. The maximum absolute atomic E-state index is 12.5. The van der Waals surface area contributed by atoms with Crippen molar-refractivity contribution < 1.29 is 14.3 Å². The van der Waals surface area contributed by atoms with Gasteiger partial charge in [-0.2, -0.15) is 0 Å². The highest BCUT2D eigenvalue weighted by molar-refractivity contribution is 5.82. The number of ether oxygens (including phenoxy) is 1. The number of hydrogen-bond donors (Lipinski definition) is 2. The quantitative estimate of drug-likeness (QED) is 0.837. The van der Waals surface area contributed by atoms with E-state index in [4.69, 9.17) is 4.74 Å². The van der Waals surface area contributed by atoms with Crippen LogP contribution >= 0.6 is 0 Å². The van der Waals surface area contributed by atoms with Crippen molar-refractivity contribution in [3.8, 4) is 0 Å². The van der Waals surface area contributed by atoms with Crippen LogP contribution in [0.1, 0.15) is 37.7 Å². The summed E-state index contributed by atoms with van der Waals surface area (Å²) in [4.78, 5) is 28.7. The summed E-state index contributed by atoms with van der Waals surface area (Å²) >= 11 is 0. The zero-order valence-corrected chi connectivity index (χ0v) is 15.8. The molecule has 2 unspecified atom stereocenters. The summed E-state index contributed by atoms with van der Waals surface area (Å²) in [5.74, 6) is 0.408. The Labute approximate surface area is 160 Å². The zero-order chi connectivity index (χ0) is 18.9. The van der Waals surface area contributed by atoms with Crippen LogP contribution in [-0.4, -0.2) is 66.2 Å². The Hall–Kier alpha value is -2.12. The molecular weight excluding hydrogens is 344 g/mol. The summed E-state index contributed by atoms with van der Waals surface area (Å²) in [6, 6.07) is 10.1. The molecule has 3 aliphatic heterocycles. The molecule has 146 valence electrons. The average molecular weight is 372 g/mol. The Morgan fingerprint density at radius 2 is 2.04 bits per heavy atom. The molecule has 3 saturated heterocycles.